The van der Waals surface area contributed by atoms with Crippen LogP contribution in [0.25, 0.3) is 11.1 Å². The van der Waals surface area contributed by atoms with E-state index in [0.717, 1.165) is 46.0 Å². The minimum Gasteiger partial charge on any atom is -0.378 e. The van der Waals surface area contributed by atoms with E-state index in [-0.39, 0.29) is 18.4 Å². The largest absolute Gasteiger partial charge is 0.378 e. The Labute approximate surface area is 192 Å². The normalized spacial score (nSPS) is 13.6. The first-order valence-corrected chi connectivity index (χ1v) is 11.5. The zero-order valence-electron chi connectivity index (χ0n) is 18.3. The third kappa shape index (κ3) is 5.00. The van der Waals surface area contributed by atoms with E-state index < -0.39 is 0 Å². The van der Waals surface area contributed by atoms with Crippen molar-refractivity contribution in [2.75, 3.05) is 43.1 Å². The summed E-state index contributed by atoms with van der Waals surface area (Å²) in [6, 6.07) is 17.8. The Morgan fingerprint density at radius 3 is 2.38 bits per heavy atom. The molecule has 1 aliphatic heterocycles. The molecule has 0 saturated carbocycles. The summed E-state index contributed by atoms with van der Waals surface area (Å²) in [7, 11) is 0. The van der Waals surface area contributed by atoms with Gasteiger partial charge in [0.1, 0.15) is 0 Å². The van der Waals surface area contributed by atoms with Crippen LogP contribution in [0.3, 0.4) is 0 Å². The highest BCUT2D eigenvalue weighted by molar-refractivity contribution is 7.18. The molecule has 1 aromatic heterocycles. The lowest BCUT2D eigenvalue weighted by molar-refractivity contribution is -0.115. The molecule has 6 nitrogen and oxygen atoms in total. The average molecular weight is 450 g/mol. The molecule has 0 bridgehead atoms. The Morgan fingerprint density at radius 1 is 1.00 bits per heavy atom. The maximum Gasteiger partial charge on any atom is 0.261 e. The molecule has 2 N–H and O–H groups in total. The van der Waals surface area contributed by atoms with Gasteiger partial charge >= 0.3 is 0 Å². The second kappa shape index (κ2) is 9.97. The summed E-state index contributed by atoms with van der Waals surface area (Å²) in [5.41, 5.74) is 4.87. The van der Waals surface area contributed by atoms with Gasteiger partial charge < -0.3 is 20.3 Å². The predicted molar refractivity (Wildman–Crippen MR) is 130 cm³/mol. The minimum absolute atomic E-state index is 0.0853. The molecule has 2 heterocycles. The Morgan fingerprint density at radius 2 is 1.69 bits per heavy atom. The lowest BCUT2D eigenvalue weighted by atomic mass is 10.1. The van der Waals surface area contributed by atoms with Crippen LogP contribution in [-0.4, -0.2) is 44.7 Å². The van der Waals surface area contributed by atoms with Crippen LogP contribution in [0.4, 0.5) is 10.7 Å². The highest BCUT2D eigenvalue weighted by Gasteiger charge is 2.22. The van der Waals surface area contributed by atoms with Gasteiger partial charge in [0.05, 0.1) is 29.6 Å². The van der Waals surface area contributed by atoms with Crippen molar-refractivity contribution in [3.05, 3.63) is 70.6 Å². The fraction of sp³-hybridized carbons (Fsp3) is 0.280. The number of carbonyl (C=O) groups excluding carboxylic acids is 2. The number of ether oxygens (including phenoxy) is 1. The van der Waals surface area contributed by atoms with Crippen molar-refractivity contribution >= 4 is 33.8 Å². The Kier molecular flexibility index (Phi) is 6.87. The number of aryl methyl sites for hydroxylation is 2. The van der Waals surface area contributed by atoms with Crippen molar-refractivity contribution in [2.24, 2.45) is 0 Å². The second-order valence-corrected chi connectivity index (χ2v) is 8.82. The molecule has 1 saturated heterocycles. The second-order valence-electron chi connectivity index (χ2n) is 7.79. The molecular formula is C25H27N3O3S. The number of anilines is 2. The lowest BCUT2D eigenvalue weighted by Crippen LogP contribution is -2.36. The van der Waals surface area contributed by atoms with Gasteiger partial charge in [-0.1, -0.05) is 48.5 Å². The van der Waals surface area contributed by atoms with E-state index in [1.807, 2.05) is 68.4 Å². The van der Waals surface area contributed by atoms with Gasteiger partial charge in [-0.3, -0.25) is 9.59 Å². The van der Waals surface area contributed by atoms with Crippen molar-refractivity contribution in [3.63, 3.8) is 0 Å². The number of carbonyl (C=O) groups is 2. The van der Waals surface area contributed by atoms with Crippen molar-refractivity contribution in [1.29, 1.82) is 0 Å². The molecule has 3 aromatic rings. The van der Waals surface area contributed by atoms with Crippen molar-refractivity contribution in [3.8, 4) is 11.1 Å². The number of rotatable bonds is 6. The molecule has 1 fully saturated rings. The fourth-order valence-corrected chi connectivity index (χ4v) is 4.91. The number of benzene rings is 2. The van der Waals surface area contributed by atoms with E-state index in [0.29, 0.717) is 18.1 Å². The minimum atomic E-state index is -0.247. The van der Waals surface area contributed by atoms with Crippen LogP contribution in [0.2, 0.25) is 0 Å². The maximum atomic E-state index is 12.9. The number of hydrogen-bond acceptors (Lipinski definition) is 5. The number of thiophene rings is 1. The lowest BCUT2D eigenvalue weighted by Gasteiger charge is -2.28. The molecule has 1 aliphatic rings. The molecule has 0 aliphatic carbocycles. The van der Waals surface area contributed by atoms with Crippen LogP contribution in [0.15, 0.2) is 54.6 Å². The molecular weight excluding hydrogens is 422 g/mol. The Bertz CT molecular complexity index is 1080. The van der Waals surface area contributed by atoms with Crippen LogP contribution in [-0.2, 0) is 9.53 Å². The van der Waals surface area contributed by atoms with E-state index in [1.165, 1.54) is 11.3 Å². The summed E-state index contributed by atoms with van der Waals surface area (Å²) < 4.78 is 5.49. The van der Waals surface area contributed by atoms with E-state index >= 15 is 0 Å². The molecule has 166 valence electrons. The van der Waals surface area contributed by atoms with Crippen molar-refractivity contribution in [2.45, 2.75) is 13.8 Å². The molecule has 0 unspecified atom stereocenters. The third-order valence-electron chi connectivity index (χ3n) is 5.47. The van der Waals surface area contributed by atoms with Crippen LogP contribution < -0.4 is 15.5 Å². The zero-order valence-corrected chi connectivity index (χ0v) is 19.1. The summed E-state index contributed by atoms with van der Waals surface area (Å²) in [6.07, 6.45) is 0. The van der Waals surface area contributed by atoms with Crippen LogP contribution in [0.5, 0.6) is 0 Å². The number of nitrogens with zero attached hydrogens (tertiary/aromatic N) is 1. The van der Waals surface area contributed by atoms with Gasteiger partial charge in [-0.05, 0) is 36.6 Å². The first-order valence-electron chi connectivity index (χ1n) is 10.7. The highest BCUT2D eigenvalue weighted by atomic mass is 32.1. The Balaban J connectivity index is 1.48. The number of para-hydroxylation sites is 1. The average Bonchev–Trinajstić information content (AvgIpc) is 3.27. The number of morpholine rings is 1. The fourth-order valence-electron chi connectivity index (χ4n) is 3.76. The molecule has 2 amide bonds. The molecule has 2 aromatic carbocycles. The van der Waals surface area contributed by atoms with Crippen molar-refractivity contribution < 1.29 is 14.3 Å². The van der Waals surface area contributed by atoms with Gasteiger partial charge in [-0.25, -0.2) is 0 Å². The number of hydrogen-bond donors (Lipinski definition) is 2. The molecule has 0 atom stereocenters. The van der Waals surface area contributed by atoms with Gasteiger partial charge in [-0.15, -0.1) is 11.3 Å². The predicted octanol–water partition coefficient (Wildman–Crippen LogP) is 4.24. The summed E-state index contributed by atoms with van der Waals surface area (Å²) in [5.74, 6) is -0.493. The van der Waals surface area contributed by atoms with Gasteiger partial charge in [0.2, 0.25) is 5.91 Å². The molecule has 0 spiro atoms. The number of amides is 2. The maximum absolute atomic E-state index is 12.9. The number of nitrogens with one attached hydrogen (secondary N) is 2. The topological polar surface area (TPSA) is 70.7 Å². The summed E-state index contributed by atoms with van der Waals surface area (Å²) >= 11 is 1.46. The van der Waals surface area contributed by atoms with Crippen LogP contribution >= 0.6 is 11.3 Å². The zero-order chi connectivity index (χ0) is 22.5. The van der Waals surface area contributed by atoms with E-state index in [1.54, 1.807) is 0 Å². The van der Waals surface area contributed by atoms with Crippen molar-refractivity contribution in [1.82, 2.24) is 5.32 Å². The Hall–Kier alpha value is -3.16. The summed E-state index contributed by atoms with van der Waals surface area (Å²) in [6.45, 7) is 6.74. The third-order valence-corrected chi connectivity index (χ3v) is 6.67. The van der Waals surface area contributed by atoms with E-state index in [2.05, 4.69) is 15.5 Å². The molecule has 7 heteroatoms. The van der Waals surface area contributed by atoms with Gasteiger partial charge in [-0.2, -0.15) is 0 Å². The van der Waals surface area contributed by atoms with E-state index in [4.69, 9.17) is 4.74 Å². The molecule has 0 radical (unpaired) electrons. The smallest absolute Gasteiger partial charge is 0.261 e. The SMILES string of the molecule is Cc1cccc(C)c1NC(=O)CNC(=O)c1cc(-c2ccccc2)c(N2CCOCC2)s1. The first kappa shape index (κ1) is 22.0. The van der Waals surface area contributed by atoms with Crippen LogP contribution in [0.1, 0.15) is 20.8 Å². The van der Waals surface area contributed by atoms with Gasteiger partial charge in [0, 0.05) is 24.3 Å². The van der Waals surface area contributed by atoms with Gasteiger partial charge in [0.25, 0.3) is 5.91 Å². The standard InChI is InChI=1S/C25H27N3O3S/c1-17-7-6-8-18(2)23(17)27-22(29)16-26-24(30)21-15-20(19-9-4-3-5-10-19)25(32-21)28-11-13-31-14-12-28/h3-10,15H,11-14,16H2,1-2H3,(H,26,30)(H,27,29). The summed E-state index contributed by atoms with van der Waals surface area (Å²) in [4.78, 5) is 28.2. The first-order chi connectivity index (χ1) is 15.5. The van der Waals surface area contributed by atoms with E-state index in [9.17, 15) is 9.59 Å². The molecule has 4 rings (SSSR count). The highest BCUT2D eigenvalue weighted by Crippen LogP contribution is 2.39. The quantitative estimate of drug-likeness (QED) is 0.591. The summed E-state index contributed by atoms with van der Waals surface area (Å²) in [5, 5.41) is 6.74. The van der Waals surface area contributed by atoms with Crippen LogP contribution in [0, 0.1) is 13.8 Å². The molecule has 32 heavy (non-hydrogen) atoms. The van der Waals surface area contributed by atoms with Gasteiger partial charge in [0.15, 0.2) is 0 Å². The monoisotopic (exact) mass is 449 g/mol.